The minimum Gasteiger partial charge on any atom is -0.479 e. The van der Waals surface area contributed by atoms with E-state index in [-0.39, 0.29) is 154 Å². The number of carbonyl (C=O) groups is 8. The minimum absolute atomic E-state index is 0.00578. The summed E-state index contributed by atoms with van der Waals surface area (Å²) in [6, 6.07) is -4.60. The molecule has 146 heavy (non-hydrogen) atoms. The van der Waals surface area contributed by atoms with E-state index in [0.717, 1.165) is 60.0 Å². The van der Waals surface area contributed by atoms with Crippen molar-refractivity contribution < 1.29 is 171 Å². The lowest BCUT2D eigenvalue weighted by molar-refractivity contribution is -0.335. The summed E-state index contributed by atoms with van der Waals surface area (Å²) in [5.41, 5.74) is 7.00. The van der Waals surface area contributed by atoms with Crippen LogP contribution in [-0.2, 0) is 126 Å². The molecule has 0 aromatic carbocycles. The van der Waals surface area contributed by atoms with Gasteiger partial charge in [0, 0.05) is 50.1 Å². The molecule has 57 heteroatoms. The highest BCUT2D eigenvalue weighted by atomic mass is 16.7. The Morgan fingerprint density at radius 3 is 1.32 bits per heavy atom. The van der Waals surface area contributed by atoms with E-state index in [1.165, 1.54) is 33.2 Å². The van der Waals surface area contributed by atoms with Gasteiger partial charge in [-0.3, -0.25) is 48.3 Å². The second-order valence-corrected chi connectivity index (χ2v) is 37.3. The van der Waals surface area contributed by atoms with Gasteiger partial charge in [0.15, 0.2) is 37.4 Å². The zero-order chi connectivity index (χ0) is 105. The van der Waals surface area contributed by atoms with Crippen molar-refractivity contribution >= 4 is 47.4 Å². The number of aliphatic hydroxyl groups excluding tert-OH is 10. The number of aliphatic carboxylic acids is 2. The number of amides is 6. The first-order valence-electron chi connectivity index (χ1n) is 49.1. The fourth-order valence-electron chi connectivity index (χ4n) is 18.9. The van der Waals surface area contributed by atoms with Gasteiger partial charge in [-0.25, -0.2) is 28.5 Å². The molecule has 0 radical (unpaired) electrons. The Labute approximate surface area is 834 Å². The molecule has 7 aliphatic rings. The summed E-state index contributed by atoms with van der Waals surface area (Å²) in [6.45, 7) is 0.919. The SMILES string of the molecule is CC1OC(OC2C(O[C@@H]3O[C@@H](CO)C(O)C(O[C@@H](CC4CCCCC4)C(=O)O)C3NC(=O)Cn3cc(COCCOCCOCCOCCOCc4cn(CC(=O)NC5C(O[C@@H](CC6CCCCC6)C(=O)O)C(O)[C@H](CO)O[C@H]5OC5CC(C(=O)NCCN)C[C@@H](NC(=O)c6cc(=O)[nH]c(=O)[nH]6)C5O[C@@H](C)OC(C)C(O)[C@H](O)CO)nn4)nn3)CC(C(=O)NCCN)C[C@H]2NC(=O)c2cc(=O)[nH]c(=O)[nH]2)C(O)C(O)C1O. The summed E-state index contributed by atoms with van der Waals surface area (Å²) in [4.78, 5) is 170. The molecule has 3 aliphatic heterocycles. The number of carboxylic acids is 2. The number of carbonyl (C=O) groups excluding carboxylic acids is 6. The van der Waals surface area contributed by atoms with Crippen LogP contribution >= 0.6 is 0 Å². The van der Waals surface area contributed by atoms with Crippen LogP contribution in [0.5, 0.6) is 0 Å². The largest absolute Gasteiger partial charge is 0.479 e. The molecule has 26 N–H and O–H groups in total. The quantitative estimate of drug-likeness (QED) is 0.0144. The number of nitrogens with zero attached hydrogens (tertiary/aromatic N) is 6. The van der Waals surface area contributed by atoms with Crippen LogP contribution in [0.25, 0.3) is 0 Å². The molecule has 4 aromatic heterocycles. The number of ether oxygens (including phenoxy) is 15. The Morgan fingerprint density at radius 1 is 0.500 bits per heavy atom. The molecule has 4 saturated carbocycles. The third kappa shape index (κ3) is 34.2. The summed E-state index contributed by atoms with van der Waals surface area (Å²) < 4.78 is 94.2. The van der Waals surface area contributed by atoms with Gasteiger partial charge in [0.25, 0.3) is 22.9 Å². The van der Waals surface area contributed by atoms with Gasteiger partial charge in [0.1, 0.15) is 127 Å². The summed E-state index contributed by atoms with van der Waals surface area (Å²) in [5, 5.41) is 163. The zero-order valence-corrected chi connectivity index (χ0v) is 81.2. The molecule has 4 aromatic rings. The van der Waals surface area contributed by atoms with E-state index < -0.39 is 291 Å². The second-order valence-electron chi connectivity index (χ2n) is 37.3. The zero-order valence-electron chi connectivity index (χ0n) is 81.2. The number of carboxylic acid groups (broad SMARTS) is 2. The van der Waals surface area contributed by atoms with E-state index >= 15 is 0 Å². The molecule has 7 heterocycles. The predicted octanol–water partition coefficient (Wildman–Crippen LogP) is -9.45. The van der Waals surface area contributed by atoms with Gasteiger partial charge in [0.2, 0.25) is 23.6 Å². The van der Waals surface area contributed by atoms with Crippen LogP contribution in [-0.4, -0.2) is 423 Å². The number of H-pyrrole nitrogens is 4. The van der Waals surface area contributed by atoms with Gasteiger partial charge in [-0.15, -0.1) is 10.2 Å². The molecule has 57 nitrogen and oxygen atoms in total. The Balaban J connectivity index is 0.669. The number of hydrogen-bond donors (Lipinski definition) is 24. The van der Waals surface area contributed by atoms with Crippen molar-refractivity contribution in [2.75, 3.05) is 98.9 Å². The fourth-order valence-corrected chi connectivity index (χ4v) is 18.9. The number of rotatable bonds is 57. The number of hydrogen-bond acceptors (Lipinski definition) is 43. The predicted molar refractivity (Wildman–Crippen MR) is 493 cm³/mol. The van der Waals surface area contributed by atoms with E-state index in [0.29, 0.717) is 25.7 Å². The molecular formula is C89H140N18O39. The highest BCUT2D eigenvalue weighted by Gasteiger charge is 2.57. The number of nitrogens with two attached hydrogens (primary N) is 2. The molecule has 6 amide bonds. The number of aromatic amines is 4. The first-order valence-corrected chi connectivity index (χ1v) is 49.1. The molecule has 11 rings (SSSR count). The van der Waals surface area contributed by atoms with Gasteiger partial charge in [-0.05, 0) is 71.1 Å². The third-order valence-electron chi connectivity index (χ3n) is 26.3. The van der Waals surface area contributed by atoms with E-state index in [2.05, 4.69) is 62.5 Å². The van der Waals surface area contributed by atoms with Crippen molar-refractivity contribution in [2.45, 2.75) is 315 Å². The van der Waals surface area contributed by atoms with Gasteiger partial charge in [-0.2, -0.15) is 0 Å². The van der Waals surface area contributed by atoms with E-state index in [1.54, 1.807) is 0 Å². The van der Waals surface area contributed by atoms with Crippen molar-refractivity contribution in [1.82, 2.24) is 81.8 Å². The van der Waals surface area contributed by atoms with Gasteiger partial charge < -0.3 is 186 Å². The highest BCUT2D eigenvalue weighted by molar-refractivity contribution is 5.93. The van der Waals surface area contributed by atoms with E-state index in [4.69, 9.17) is 82.5 Å². The summed E-state index contributed by atoms with van der Waals surface area (Å²) in [6.07, 6.45) is -28.6. The lowest BCUT2D eigenvalue weighted by atomic mass is 9.80. The number of aliphatic hydroxyl groups is 10. The highest BCUT2D eigenvalue weighted by Crippen LogP contribution is 2.41. The number of nitrogens with one attached hydrogen (secondary N) is 10. The lowest BCUT2D eigenvalue weighted by Gasteiger charge is -2.49. The van der Waals surface area contributed by atoms with Crippen molar-refractivity contribution in [1.29, 1.82) is 0 Å². The normalized spacial score (nSPS) is 29.2. The van der Waals surface area contributed by atoms with Crippen molar-refractivity contribution in [2.24, 2.45) is 35.1 Å². The molecule has 19 unspecified atom stereocenters. The fraction of sp³-hybridized carbons (Fsp3) is 0.775. The van der Waals surface area contributed by atoms with Gasteiger partial charge in [0.05, 0.1) is 135 Å². The summed E-state index contributed by atoms with van der Waals surface area (Å²) in [7, 11) is 0. The minimum atomic E-state index is -1.98. The maximum absolute atomic E-state index is 14.5. The summed E-state index contributed by atoms with van der Waals surface area (Å²) >= 11 is 0. The average Bonchev–Trinajstić information content (AvgIpc) is 1.65. The van der Waals surface area contributed by atoms with Crippen LogP contribution in [0.2, 0.25) is 0 Å². The number of aromatic nitrogens is 10. The maximum atomic E-state index is 14.5. The van der Waals surface area contributed by atoms with Crippen LogP contribution in [0.3, 0.4) is 0 Å². The third-order valence-corrected chi connectivity index (χ3v) is 26.3. The van der Waals surface area contributed by atoms with Crippen LogP contribution in [0.15, 0.2) is 43.7 Å². The van der Waals surface area contributed by atoms with Crippen molar-refractivity contribution in [3.63, 3.8) is 0 Å². The Kier molecular flexibility index (Phi) is 46.2. The lowest BCUT2D eigenvalue weighted by Crippen LogP contribution is -2.68. The Bertz CT molecular complexity index is 4950. The molecule has 0 spiro atoms. The molecule has 29 atom stereocenters. The van der Waals surface area contributed by atoms with Crippen LogP contribution in [0.4, 0.5) is 0 Å². The van der Waals surface area contributed by atoms with Crippen LogP contribution in [0.1, 0.15) is 156 Å². The first-order chi connectivity index (χ1) is 70.0. The smallest absolute Gasteiger partial charge is 0.332 e. The van der Waals surface area contributed by atoms with E-state index in [1.807, 2.05) is 9.97 Å². The van der Waals surface area contributed by atoms with Crippen LogP contribution in [0, 0.1) is 23.7 Å². The second kappa shape index (κ2) is 57.9. The van der Waals surface area contributed by atoms with Crippen LogP contribution < -0.4 is 65.9 Å². The topological polar surface area (TPSA) is 835 Å². The van der Waals surface area contributed by atoms with Crippen molar-refractivity contribution in [3.8, 4) is 0 Å². The maximum Gasteiger partial charge on any atom is 0.332 e. The molecular weight excluding hydrogens is 1950 g/mol. The van der Waals surface area contributed by atoms with Crippen molar-refractivity contribution in [3.05, 3.63) is 89.0 Å². The summed E-state index contributed by atoms with van der Waals surface area (Å²) in [5.74, 6) is -10.3. The standard InChI is InChI=1S/C89H140N18O39/c1-43(69(116)56(111)38-108)137-45(3)139-75-52(94-81(124)54-32-63(112)100-88(130)96-54)28-48(79(122)92-16-14-90)30-57(75)142-85-67(77(71(118)61(39-109)144-85)140-59(83(126)127)26-46-10-6-4-7-11-46)98-65(114)36-106-34-50(102-104-106)41-135-24-22-133-20-18-132-19-21-134-23-25-136-42-51-35-107(105-103-51)37-66(115)99-68-78(141-60(84(128)129)27-47-12-8-5-9-13-47)72(119)62(40-110)145-86(68)143-58-31-49(80(123)93-17-15-91)29-53(95-82(125)55-33-64(113)101-89(131)97-55)76(58)146-87-74(121)73(120)70(117)44(2)138-87/h32-35,43-49,52-53,56-62,67-78,85-87,108-111,116-121H,4-31,36-42,90-91H2,1-3H3,(H,92,122)(H,93,123)(H,94,124)(H,95,125)(H,98,114)(H,99,115)(H,126,127)(H,128,129)(H2,96,100,112,130)(H2,97,101,113,131)/t43?,44?,45-,48?,49?,52+,53+,56+,57?,58?,59-,60-,61-,62-,67?,68?,69?,70?,71?,72?,73?,74?,75?,76?,77?,78?,85+,86+,87?/m0/s1. The Hall–Kier alpha value is -9.68. The molecule has 0 bridgehead atoms. The van der Waals surface area contributed by atoms with Gasteiger partial charge in [-0.1, -0.05) is 74.6 Å². The monoisotopic (exact) mass is 2080 g/mol. The average molecular weight is 2090 g/mol. The first kappa shape index (κ1) is 117. The van der Waals surface area contributed by atoms with Gasteiger partial charge >= 0.3 is 23.3 Å². The van der Waals surface area contributed by atoms with E-state index in [9.17, 15) is 119 Å². The Morgan fingerprint density at radius 2 is 0.918 bits per heavy atom. The molecule has 3 saturated heterocycles. The molecule has 820 valence electrons. The molecule has 4 aliphatic carbocycles. The molecule has 7 fully saturated rings.